The summed E-state index contributed by atoms with van der Waals surface area (Å²) in [6, 6.07) is 42.0. The third-order valence-corrected chi connectivity index (χ3v) is 8.61. The van der Waals surface area contributed by atoms with Crippen LogP contribution >= 0.6 is 11.3 Å². The predicted octanol–water partition coefficient (Wildman–Crippen LogP) is 9.98. The van der Waals surface area contributed by atoms with E-state index in [9.17, 15) is 0 Å². The predicted molar refractivity (Wildman–Crippen MR) is 163 cm³/mol. The second kappa shape index (κ2) is 8.20. The van der Waals surface area contributed by atoms with Crippen LogP contribution in [0.5, 0.6) is 5.75 Å². The number of fused-ring (bicyclic) bond motifs is 7. The SMILES string of the molecule is COc1ccc(-c2cc3cc4sccc4cc3c3cc4c5ccccc5n(-c5ccccc5)c4cc23)cc1. The van der Waals surface area contributed by atoms with Crippen LogP contribution in [0.1, 0.15) is 0 Å². The molecule has 2 nitrogen and oxygen atoms in total. The van der Waals surface area contributed by atoms with Crippen molar-refractivity contribution in [2.75, 3.05) is 7.11 Å². The van der Waals surface area contributed by atoms with Gasteiger partial charge in [0, 0.05) is 21.2 Å². The molecule has 0 N–H and O–H groups in total. The van der Waals surface area contributed by atoms with Crippen LogP contribution in [0, 0.1) is 0 Å². The van der Waals surface area contributed by atoms with Gasteiger partial charge in [-0.1, -0.05) is 48.5 Å². The molecule has 6 aromatic carbocycles. The zero-order chi connectivity index (χ0) is 25.2. The maximum absolute atomic E-state index is 5.46. The lowest BCUT2D eigenvalue weighted by molar-refractivity contribution is 0.415. The molecule has 2 aromatic heterocycles. The van der Waals surface area contributed by atoms with Crippen LogP contribution in [-0.2, 0) is 0 Å². The van der Waals surface area contributed by atoms with Crippen molar-refractivity contribution < 1.29 is 4.74 Å². The second-order valence-electron chi connectivity index (χ2n) is 9.79. The van der Waals surface area contributed by atoms with E-state index in [-0.39, 0.29) is 0 Å². The number of thiophene rings is 1. The van der Waals surface area contributed by atoms with E-state index in [1.54, 1.807) is 18.4 Å². The van der Waals surface area contributed by atoms with Crippen molar-refractivity contribution >= 4 is 64.8 Å². The summed E-state index contributed by atoms with van der Waals surface area (Å²) < 4.78 is 9.17. The van der Waals surface area contributed by atoms with Crippen molar-refractivity contribution in [3.8, 4) is 22.6 Å². The van der Waals surface area contributed by atoms with Crippen molar-refractivity contribution in [2.24, 2.45) is 0 Å². The number of benzene rings is 6. The van der Waals surface area contributed by atoms with Crippen LogP contribution in [-0.4, -0.2) is 11.7 Å². The molecule has 0 saturated carbocycles. The van der Waals surface area contributed by atoms with E-state index < -0.39 is 0 Å². The number of methoxy groups -OCH3 is 1. The van der Waals surface area contributed by atoms with Crippen LogP contribution < -0.4 is 4.74 Å². The Bertz CT molecular complexity index is 2150. The lowest BCUT2D eigenvalue weighted by atomic mass is 9.91. The topological polar surface area (TPSA) is 14.2 Å². The van der Waals surface area contributed by atoms with Gasteiger partial charge in [-0.25, -0.2) is 0 Å². The fourth-order valence-electron chi connectivity index (χ4n) is 5.94. The minimum absolute atomic E-state index is 0.866. The zero-order valence-corrected chi connectivity index (χ0v) is 21.6. The zero-order valence-electron chi connectivity index (χ0n) is 20.8. The van der Waals surface area contributed by atoms with Gasteiger partial charge in [0.1, 0.15) is 5.75 Å². The minimum Gasteiger partial charge on any atom is -0.497 e. The lowest BCUT2D eigenvalue weighted by Crippen LogP contribution is -1.93. The first-order valence-electron chi connectivity index (χ1n) is 12.8. The first-order valence-corrected chi connectivity index (χ1v) is 13.7. The monoisotopic (exact) mass is 505 g/mol. The normalized spacial score (nSPS) is 11.8. The highest BCUT2D eigenvalue weighted by atomic mass is 32.1. The van der Waals surface area contributed by atoms with E-state index in [4.69, 9.17) is 4.74 Å². The van der Waals surface area contributed by atoms with Gasteiger partial charge in [-0.2, -0.15) is 0 Å². The highest BCUT2D eigenvalue weighted by Gasteiger charge is 2.17. The maximum Gasteiger partial charge on any atom is 0.118 e. The first-order chi connectivity index (χ1) is 18.8. The summed E-state index contributed by atoms with van der Waals surface area (Å²) in [7, 11) is 1.71. The number of para-hydroxylation sites is 2. The first kappa shape index (κ1) is 21.5. The summed E-state index contributed by atoms with van der Waals surface area (Å²) in [6.07, 6.45) is 0. The number of nitrogens with zero attached hydrogens (tertiary/aromatic N) is 1. The Labute approximate surface area is 223 Å². The van der Waals surface area contributed by atoms with E-state index in [1.807, 2.05) is 12.1 Å². The largest absolute Gasteiger partial charge is 0.497 e. The molecular weight excluding hydrogens is 482 g/mol. The average Bonchev–Trinajstić information content (AvgIpc) is 3.57. The molecule has 2 heterocycles. The van der Waals surface area contributed by atoms with Crippen LogP contribution in [0.3, 0.4) is 0 Å². The number of aromatic nitrogens is 1. The number of ether oxygens (including phenoxy) is 1. The van der Waals surface area contributed by atoms with Crippen molar-refractivity contribution in [3.63, 3.8) is 0 Å². The van der Waals surface area contributed by atoms with Crippen LogP contribution in [0.15, 0.2) is 121 Å². The van der Waals surface area contributed by atoms with Crippen molar-refractivity contribution in [1.29, 1.82) is 0 Å². The molecule has 0 spiro atoms. The van der Waals surface area contributed by atoms with Crippen LogP contribution in [0.4, 0.5) is 0 Å². The van der Waals surface area contributed by atoms with Crippen LogP contribution in [0.25, 0.3) is 70.3 Å². The molecule has 0 aliphatic rings. The highest BCUT2D eigenvalue weighted by molar-refractivity contribution is 7.17. The third kappa shape index (κ3) is 3.12. The third-order valence-electron chi connectivity index (χ3n) is 7.73. The van der Waals surface area contributed by atoms with Gasteiger partial charge in [-0.05, 0) is 110 Å². The summed E-state index contributed by atoms with van der Waals surface area (Å²) >= 11 is 1.80. The van der Waals surface area contributed by atoms with E-state index in [1.165, 1.54) is 70.3 Å². The summed E-state index contributed by atoms with van der Waals surface area (Å²) in [5.41, 5.74) is 6.03. The average molecular weight is 506 g/mol. The molecule has 0 atom stereocenters. The fraction of sp³-hybridized carbons (Fsp3) is 0.0286. The summed E-state index contributed by atoms with van der Waals surface area (Å²) in [4.78, 5) is 0. The molecule has 0 amide bonds. The Morgan fingerprint density at radius 2 is 1.39 bits per heavy atom. The Hall–Kier alpha value is -4.60. The Morgan fingerprint density at radius 3 is 2.24 bits per heavy atom. The van der Waals surface area contributed by atoms with E-state index in [2.05, 4.69) is 113 Å². The fourth-order valence-corrected chi connectivity index (χ4v) is 6.76. The van der Waals surface area contributed by atoms with Crippen LogP contribution in [0.2, 0.25) is 0 Å². The second-order valence-corrected chi connectivity index (χ2v) is 10.7. The molecule has 0 saturated heterocycles. The highest BCUT2D eigenvalue weighted by Crippen LogP contribution is 2.42. The number of hydrogen-bond acceptors (Lipinski definition) is 2. The molecule has 3 heteroatoms. The molecule has 0 fully saturated rings. The Kier molecular flexibility index (Phi) is 4.64. The summed E-state index contributed by atoms with van der Waals surface area (Å²) in [5, 5.41) is 11.1. The van der Waals surface area contributed by atoms with E-state index in [0.717, 1.165) is 5.75 Å². The van der Waals surface area contributed by atoms with Crippen molar-refractivity contribution in [1.82, 2.24) is 4.57 Å². The van der Waals surface area contributed by atoms with Gasteiger partial charge < -0.3 is 9.30 Å². The smallest absolute Gasteiger partial charge is 0.118 e. The van der Waals surface area contributed by atoms with Gasteiger partial charge in [-0.15, -0.1) is 11.3 Å². The van der Waals surface area contributed by atoms with Gasteiger partial charge in [-0.3, -0.25) is 0 Å². The number of hydrogen-bond donors (Lipinski definition) is 0. The number of rotatable bonds is 3. The molecular formula is C35H23NOS. The minimum atomic E-state index is 0.866. The molecule has 0 unspecified atom stereocenters. The Balaban J connectivity index is 1.57. The van der Waals surface area contributed by atoms with Gasteiger partial charge in [0.15, 0.2) is 0 Å². The lowest BCUT2D eigenvalue weighted by Gasteiger charge is -2.14. The quantitative estimate of drug-likeness (QED) is 0.218. The van der Waals surface area contributed by atoms with E-state index in [0.29, 0.717) is 0 Å². The summed E-state index contributed by atoms with van der Waals surface area (Å²) in [5.74, 6) is 0.866. The van der Waals surface area contributed by atoms with Gasteiger partial charge in [0.2, 0.25) is 0 Å². The van der Waals surface area contributed by atoms with Crippen molar-refractivity contribution in [2.45, 2.75) is 0 Å². The molecule has 180 valence electrons. The van der Waals surface area contributed by atoms with Gasteiger partial charge in [0.05, 0.1) is 18.1 Å². The Morgan fingerprint density at radius 1 is 0.579 bits per heavy atom. The maximum atomic E-state index is 5.46. The molecule has 8 rings (SSSR count). The molecule has 0 bridgehead atoms. The van der Waals surface area contributed by atoms with Crippen molar-refractivity contribution in [3.05, 3.63) is 121 Å². The van der Waals surface area contributed by atoms with Gasteiger partial charge in [0.25, 0.3) is 0 Å². The van der Waals surface area contributed by atoms with Gasteiger partial charge >= 0.3 is 0 Å². The molecule has 0 aliphatic heterocycles. The van der Waals surface area contributed by atoms with E-state index >= 15 is 0 Å². The molecule has 0 radical (unpaired) electrons. The summed E-state index contributed by atoms with van der Waals surface area (Å²) in [6.45, 7) is 0. The standard InChI is InChI=1S/C35H23NOS/c1-37-26-13-11-22(12-14-26)28-18-24-19-35-23(15-16-38-35)17-29(24)30-20-32-27-9-5-6-10-33(27)36(34(32)21-31(28)30)25-7-3-2-4-8-25/h2-21H,1H3. The molecule has 0 aliphatic carbocycles. The molecule has 8 aromatic rings. The molecule has 38 heavy (non-hydrogen) atoms.